The highest BCUT2D eigenvalue weighted by molar-refractivity contribution is 5.94. The molecule has 2 aliphatic rings. The van der Waals surface area contributed by atoms with Crippen LogP contribution in [0.3, 0.4) is 0 Å². The number of pyridine rings is 1. The van der Waals surface area contributed by atoms with Crippen LogP contribution >= 0.6 is 0 Å². The third kappa shape index (κ3) is 5.16. The van der Waals surface area contributed by atoms with Crippen LogP contribution in [-0.2, 0) is 4.74 Å². The SMILES string of the molecule is CNc1ncc(C(=O)N2CCC(c3ccc(C(=O)NC[C@@H]4CCCO4)cn3)CC2)cn1. The first-order valence-corrected chi connectivity index (χ1v) is 10.8. The Hall–Kier alpha value is -3.07. The van der Waals surface area contributed by atoms with E-state index in [1.165, 1.54) is 0 Å². The van der Waals surface area contributed by atoms with Crippen LogP contribution in [0.15, 0.2) is 30.7 Å². The molecule has 2 aromatic heterocycles. The van der Waals surface area contributed by atoms with E-state index in [2.05, 4.69) is 25.6 Å². The van der Waals surface area contributed by atoms with Crippen molar-refractivity contribution in [3.8, 4) is 0 Å². The summed E-state index contributed by atoms with van der Waals surface area (Å²) in [5.41, 5.74) is 2.01. The van der Waals surface area contributed by atoms with E-state index in [-0.39, 0.29) is 23.8 Å². The van der Waals surface area contributed by atoms with Gasteiger partial charge in [-0.2, -0.15) is 0 Å². The molecule has 31 heavy (non-hydrogen) atoms. The fourth-order valence-corrected chi connectivity index (χ4v) is 4.02. The zero-order valence-corrected chi connectivity index (χ0v) is 17.7. The maximum absolute atomic E-state index is 12.7. The highest BCUT2D eigenvalue weighted by atomic mass is 16.5. The molecule has 2 amide bonds. The van der Waals surface area contributed by atoms with Crippen LogP contribution in [0.4, 0.5) is 5.95 Å². The standard InChI is InChI=1S/C22H28N6O3/c1-23-22-26-12-17(13-27-22)21(30)28-8-6-15(7-9-28)19-5-4-16(11-24-19)20(29)25-14-18-3-2-10-31-18/h4-5,11-13,15,18H,2-3,6-10,14H2,1H3,(H,25,29)(H,23,26,27)/t18-/m0/s1. The predicted octanol–water partition coefficient (Wildman–Crippen LogP) is 1.84. The largest absolute Gasteiger partial charge is 0.376 e. The van der Waals surface area contributed by atoms with Crippen LogP contribution in [0.5, 0.6) is 0 Å². The number of piperidine rings is 1. The number of anilines is 1. The van der Waals surface area contributed by atoms with Crippen LogP contribution in [0.2, 0.25) is 0 Å². The van der Waals surface area contributed by atoms with E-state index < -0.39 is 0 Å². The fourth-order valence-electron chi connectivity index (χ4n) is 4.02. The van der Waals surface area contributed by atoms with Crippen molar-refractivity contribution in [2.75, 3.05) is 38.6 Å². The summed E-state index contributed by atoms with van der Waals surface area (Å²) < 4.78 is 5.53. The van der Waals surface area contributed by atoms with E-state index in [1.807, 2.05) is 17.0 Å². The van der Waals surface area contributed by atoms with Gasteiger partial charge in [0, 0.05) is 63.5 Å². The lowest BCUT2D eigenvalue weighted by Crippen LogP contribution is -2.38. The topological polar surface area (TPSA) is 109 Å². The van der Waals surface area contributed by atoms with Gasteiger partial charge >= 0.3 is 0 Å². The van der Waals surface area contributed by atoms with Gasteiger partial charge in [-0.1, -0.05) is 0 Å². The number of likely N-dealkylation sites (tertiary alicyclic amines) is 1. The molecule has 9 nitrogen and oxygen atoms in total. The Balaban J connectivity index is 1.28. The van der Waals surface area contributed by atoms with Gasteiger partial charge in [0.1, 0.15) is 0 Å². The molecule has 2 aromatic rings. The van der Waals surface area contributed by atoms with Crippen LogP contribution in [0.1, 0.15) is 58.0 Å². The molecule has 0 aromatic carbocycles. The average Bonchev–Trinajstić information content (AvgIpc) is 3.36. The van der Waals surface area contributed by atoms with Crippen molar-refractivity contribution in [3.63, 3.8) is 0 Å². The summed E-state index contributed by atoms with van der Waals surface area (Å²) in [6.07, 6.45) is 8.58. The Bertz CT molecular complexity index is 888. The van der Waals surface area contributed by atoms with Crippen LogP contribution < -0.4 is 10.6 Å². The molecule has 2 aliphatic heterocycles. The Morgan fingerprint density at radius 2 is 1.81 bits per heavy atom. The number of rotatable bonds is 6. The molecule has 2 fully saturated rings. The quantitative estimate of drug-likeness (QED) is 0.728. The van der Waals surface area contributed by atoms with Gasteiger partial charge in [-0.15, -0.1) is 0 Å². The maximum Gasteiger partial charge on any atom is 0.256 e. The second-order valence-electron chi connectivity index (χ2n) is 7.93. The molecule has 0 aliphatic carbocycles. The number of carbonyl (C=O) groups is 2. The van der Waals surface area contributed by atoms with Crippen molar-refractivity contribution < 1.29 is 14.3 Å². The van der Waals surface area contributed by atoms with Gasteiger partial charge in [0.05, 0.1) is 17.2 Å². The smallest absolute Gasteiger partial charge is 0.256 e. The number of aromatic nitrogens is 3. The molecule has 0 unspecified atom stereocenters. The van der Waals surface area contributed by atoms with Gasteiger partial charge in [0.25, 0.3) is 11.8 Å². The molecule has 4 heterocycles. The summed E-state index contributed by atoms with van der Waals surface area (Å²) in [6, 6.07) is 3.75. The molecule has 2 saturated heterocycles. The average molecular weight is 425 g/mol. The van der Waals surface area contributed by atoms with Crippen molar-refractivity contribution in [1.82, 2.24) is 25.2 Å². The van der Waals surface area contributed by atoms with E-state index in [0.717, 1.165) is 38.0 Å². The molecule has 0 radical (unpaired) electrons. The minimum atomic E-state index is -0.124. The van der Waals surface area contributed by atoms with Crippen LogP contribution in [0, 0.1) is 0 Å². The molecule has 1 atom stereocenters. The van der Waals surface area contributed by atoms with E-state index in [9.17, 15) is 9.59 Å². The zero-order chi connectivity index (χ0) is 21.6. The van der Waals surface area contributed by atoms with Crippen molar-refractivity contribution in [2.45, 2.75) is 37.7 Å². The van der Waals surface area contributed by atoms with Gasteiger partial charge in [0.15, 0.2) is 0 Å². The fraction of sp³-hybridized carbons (Fsp3) is 0.500. The van der Waals surface area contributed by atoms with Crippen molar-refractivity contribution >= 4 is 17.8 Å². The van der Waals surface area contributed by atoms with E-state index in [0.29, 0.717) is 36.7 Å². The number of hydrogen-bond donors (Lipinski definition) is 2. The minimum Gasteiger partial charge on any atom is -0.376 e. The molecule has 0 bridgehead atoms. The Labute approximate surface area is 181 Å². The summed E-state index contributed by atoms with van der Waals surface area (Å²) in [4.78, 5) is 39.6. The van der Waals surface area contributed by atoms with Crippen LogP contribution in [-0.4, -0.2) is 71.1 Å². The number of hydrogen-bond acceptors (Lipinski definition) is 7. The molecule has 9 heteroatoms. The predicted molar refractivity (Wildman–Crippen MR) is 115 cm³/mol. The van der Waals surface area contributed by atoms with Gasteiger partial charge in [0.2, 0.25) is 5.95 Å². The Morgan fingerprint density at radius 1 is 1.06 bits per heavy atom. The summed E-state index contributed by atoms with van der Waals surface area (Å²) in [5, 5.41) is 5.76. The third-order valence-corrected chi connectivity index (χ3v) is 5.89. The molecule has 164 valence electrons. The number of carbonyl (C=O) groups excluding carboxylic acids is 2. The Morgan fingerprint density at radius 3 is 2.42 bits per heavy atom. The van der Waals surface area contributed by atoms with E-state index >= 15 is 0 Å². The number of nitrogens with zero attached hydrogens (tertiary/aromatic N) is 4. The minimum absolute atomic E-state index is 0.0488. The van der Waals surface area contributed by atoms with E-state index in [1.54, 1.807) is 25.6 Å². The van der Waals surface area contributed by atoms with Gasteiger partial charge in [-0.25, -0.2) is 9.97 Å². The number of ether oxygens (including phenoxy) is 1. The highest BCUT2D eigenvalue weighted by Gasteiger charge is 2.26. The lowest BCUT2D eigenvalue weighted by Gasteiger charge is -2.31. The zero-order valence-electron chi connectivity index (χ0n) is 17.7. The van der Waals surface area contributed by atoms with Crippen molar-refractivity contribution in [1.29, 1.82) is 0 Å². The molecular formula is C22H28N6O3. The van der Waals surface area contributed by atoms with Crippen molar-refractivity contribution in [3.05, 3.63) is 47.5 Å². The molecule has 2 N–H and O–H groups in total. The van der Waals surface area contributed by atoms with E-state index in [4.69, 9.17) is 4.74 Å². The second-order valence-corrected chi connectivity index (χ2v) is 7.93. The number of amides is 2. The lowest BCUT2D eigenvalue weighted by molar-refractivity contribution is 0.0711. The normalized spacial score (nSPS) is 19.3. The summed E-state index contributed by atoms with van der Waals surface area (Å²) in [7, 11) is 1.74. The summed E-state index contributed by atoms with van der Waals surface area (Å²) >= 11 is 0. The molecular weight excluding hydrogens is 396 g/mol. The first kappa shape index (κ1) is 21.2. The third-order valence-electron chi connectivity index (χ3n) is 5.89. The Kier molecular flexibility index (Phi) is 6.71. The van der Waals surface area contributed by atoms with Crippen LogP contribution in [0.25, 0.3) is 0 Å². The monoisotopic (exact) mass is 424 g/mol. The first-order chi connectivity index (χ1) is 15.1. The lowest BCUT2D eigenvalue weighted by atomic mass is 9.92. The second kappa shape index (κ2) is 9.82. The molecule has 0 spiro atoms. The number of nitrogens with one attached hydrogen (secondary N) is 2. The molecule has 0 saturated carbocycles. The van der Waals surface area contributed by atoms with Gasteiger partial charge in [-0.3, -0.25) is 14.6 Å². The summed E-state index contributed by atoms with van der Waals surface area (Å²) in [6.45, 7) is 2.62. The van der Waals surface area contributed by atoms with Gasteiger partial charge < -0.3 is 20.3 Å². The molecule has 4 rings (SSSR count). The van der Waals surface area contributed by atoms with Gasteiger partial charge in [-0.05, 0) is 37.8 Å². The maximum atomic E-state index is 12.7. The highest BCUT2D eigenvalue weighted by Crippen LogP contribution is 2.27. The van der Waals surface area contributed by atoms with Crippen molar-refractivity contribution in [2.24, 2.45) is 0 Å². The first-order valence-electron chi connectivity index (χ1n) is 10.8. The summed E-state index contributed by atoms with van der Waals surface area (Å²) in [5.74, 6) is 0.593.